The molecule has 0 saturated heterocycles. The molecule has 2 N–H and O–H groups in total. The summed E-state index contributed by atoms with van der Waals surface area (Å²) >= 11 is 0. The molecular weight excluding hydrogens is 164 g/mol. The van der Waals surface area contributed by atoms with Crippen molar-refractivity contribution >= 4 is 0 Å². The van der Waals surface area contributed by atoms with Crippen molar-refractivity contribution < 1.29 is 10.2 Å². The molecule has 0 bridgehead atoms. The van der Waals surface area contributed by atoms with Crippen LogP contribution in [-0.4, -0.2) is 22.4 Å². The molecule has 0 spiro atoms. The standard InChI is InChI=1S/C11H22O2/c1-9(2)5-10(3,8-12)7-11(4,13)6-9/h12-13H,5-8H2,1-4H3/t10-,11+/m1/s1. The first-order chi connectivity index (χ1) is 5.68. The Balaban J connectivity index is 2.84. The Morgan fingerprint density at radius 3 is 1.92 bits per heavy atom. The molecule has 0 heterocycles. The summed E-state index contributed by atoms with van der Waals surface area (Å²) in [6, 6.07) is 0. The van der Waals surface area contributed by atoms with Crippen molar-refractivity contribution in [2.24, 2.45) is 10.8 Å². The Hall–Kier alpha value is -0.0800. The summed E-state index contributed by atoms with van der Waals surface area (Å²) in [4.78, 5) is 0. The monoisotopic (exact) mass is 186 g/mol. The van der Waals surface area contributed by atoms with Crippen LogP contribution in [0.3, 0.4) is 0 Å². The normalized spacial score (nSPS) is 44.8. The highest BCUT2D eigenvalue weighted by Gasteiger charge is 2.45. The van der Waals surface area contributed by atoms with Crippen LogP contribution in [0.5, 0.6) is 0 Å². The number of rotatable bonds is 1. The number of aliphatic hydroxyl groups is 2. The van der Waals surface area contributed by atoms with Gasteiger partial charge in [0, 0.05) is 6.61 Å². The molecule has 0 unspecified atom stereocenters. The van der Waals surface area contributed by atoms with Gasteiger partial charge in [0.25, 0.3) is 0 Å². The van der Waals surface area contributed by atoms with Gasteiger partial charge in [0.2, 0.25) is 0 Å². The van der Waals surface area contributed by atoms with E-state index in [-0.39, 0.29) is 17.4 Å². The average Bonchev–Trinajstić information content (AvgIpc) is 1.79. The molecule has 1 rings (SSSR count). The van der Waals surface area contributed by atoms with E-state index in [4.69, 9.17) is 0 Å². The topological polar surface area (TPSA) is 40.5 Å². The third-order valence-electron chi connectivity index (χ3n) is 2.95. The number of hydrogen-bond donors (Lipinski definition) is 2. The zero-order valence-corrected chi connectivity index (χ0v) is 9.22. The molecule has 13 heavy (non-hydrogen) atoms. The van der Waals surface area contributed by atoms with Gasteiger partial charge < -0.3 is 10.2 Å². The van der Waals surface area contributed by atoms with Crippen molar-refractivity contribution in [2.45, 2.75) is 52.6 Å². The van der Waals surface area contributed by atoms with Crippen LogP contribution >= 0.6 is 0 Å². The quantitative estimate of drug-likeness (QED) is 0.657. The highest BCUT2D eigenvalue weighted by atomic mass is 16.3. The highest BCUT2D eigenvalue weighted by molar-refractivity contribution is 4.96. The SMILES string of the molecule is CC1(C)C[C@](C)(O)C[C@](C)(CO)C1. The molecular formula is C11H22O2. The molecule has 0 aromatic rings. The fourth-order valence-electron chi connectivity index (χ4n) is 3.41. The van der Waals surface area contributed by atoms with Gasteiger partial charge in [-0.1, -0.05) is 20.8 Å². The van der Waals surface area contributed by atoms with Crippen LogP contribution in [-0.2, 0) is 0 Å². The Morgan fingerprint density at radius 2 is 1.54 bits per heavy atom. The Labute approximate surface area is 81.0 Å². The zero-order valence-electron chi connectivity index (χ0n) is 9.22. The largest absolute Gasteiger partial charge is 0.396 e. The Bertz CT molecular complexity index is 178. The van der Waals surface area contributed by atoms with Gasteiger partial charge in [0.1, 0.15) is 0 Å². The van der Waals surface area contributed by atoms with Crippen LogP contribution in [0.25, 0.3) is 0 Å². The predicted molar refractivity (Wildman–Crippen MR) is 53.4 cm³/mol. The average molecular weight is 186 g/mol. The number of hydrogen-bond acceptors (Lipinski definition) is 2. The number of aliphatic hydroxyl groups excluding tert-OH is 1. The zero-order chi connectivity index (χ0) is 10.3. The van der Waals surface area contributed by atoms with Gasteiger partial charge >= 0.3 is 0 Å². The van der Waals surface area contributed by atoms with E-state index in [1.54, 1.807) is 0 Å². The maximum absolute atomic E-state index is 10.1. The minimum Gasteiger partial charge on any atom is -0.396 e. The summed E-state index contributed by atoms with van der Waals surface area (Å²) in [5, 5.41) is 19.4. The third-order valence-corrected chi connectivity index (χ3v) is 2.95. The minimum absolute atomic E-state index is 0.106. The van der Waals surface area contributed by atoms with Crippen LogP contribution in [0.1, 0.15) is 47.0 Å². The summed E-state index contributed by atoms with van der Waals surface area (Å²) in [5.41, 5.74) is -0.580. The lowest BCUT2D eigenvalue weighted by atomic mass is 9.60. The van der Waals surface area contributed by atoms with E-state index in [1.807, 2.05) is 6.92 Å². The summed E-state index contributed by atoms with van der Waals surface area (Å²) in [5.74, 6) is 0. The van der Waals surface area contributed by atoms with E-state index in [1.165, 1.54) is 0 Å². The first-order valence-corrected chi connectivity index (χ1v) is 5.01. The van der Waals surface area contributed by atoms with Gasteiger partial charge in [-0.3, -0.25) is 0 Å². The lowest BCUT2D eigenvalue weighted by Gasteiger charge is -2.48. The minimum atomic E-state index is -0.612. The predicted octanol–water partition coefficient (Wildman–Crippen LogP) is 1.95. The second-order valence-corrected chi connectivity index (χ2v) is 6.16. The van der Waals surface area contributed by atoms with Crippen molar-refractivity contribution in [3.8, 4) is 0 Å². The molecule has 2 atom stereocenters. The van der Waals surface area contributed by atoms with Gasteiger partial charge in [0.05, 0.1) is 5.60 Å². The fraction of sp³-hybridized carbons (Fsp3) is 1.00. The van der Waals surface area contributed by atoms with E-state index in [9.17, 15) is 10.2 Å². The lowest BCUT2D eigenvalue weighted by molar-refractivity contribution is -0.0939. The van der Waals surface area contributed by atoms with Crippen LogP contribution < -0.4 is 0 Å². The fourth-order valence-corrected chi connectivity index (χ4v) is 3.41. The molecule has 78 valence electrons. The molecule has 0 amide bonds. The smallest absolute Gasteiger partial charge is 0.0630 e. The third kappa shape index (κ3) is 2.68. The van der Waals surface area contributed by atoms with Gasteiger partial charge in [-0.15, -0.1) is 0 Å². The van der Waals surface area contributed by atoms with Crippen molar-refractivity contribution in [1.29, 1.82) is 0 Å². The Morgan fingerprint density at radius 1 is 1.00 bits per heavy atom. The van der Waals surface area contributed by atoms with E-state index in [0.717, 1.165) is 12.8 Å². The molecule has 1 aliphatic carbocycles. The maximum Gasteiger partial charge on any atom is 0.0630 e. The molecule has 2 nitrogen and oxygen atoms in total. The van der Waals surface area contributed by atoms with E-state index < -0.39 is 5.60 Å². The van der Waals surface area contributed by atoms with Crippen LogP contribution in [0.2, 0.25) is 0 Å². The molecule has 0 aromatic heterocycles. The first kappa shape index (κ1) is 11.0. The highest BCUT2D eigenvalue weighted by Crippen LogP contribution is 2.49. The van der Waals surface area contributed by atoms with Crippen molar-refractivity contribution in [3.05, 3.63) is 0 Å². The van der Waals surface area contributed by atoms with Crippen molar-refractivity contribution in [2.75, 3.05) is 6.61 Å². The summed E-state index contributed by atoms with van der Waals surface area (Å²) < 4.78 is 0. The molecule has 1 saturated carbocycles. The van der Waals surface area contributed by atoms with Crippen LogP contribution in [0.15, 0.2) is 0 Å². The lowest BCUT2D eigenvalue weighted by Crippen LogP contribution is -2.46. The van der Waals surface area contributed by atoms with Crippen LogP contribution in [0, 0.1) is 10.8 Å². The van der Waals surface area contributed by atoms with Gasteiger partial charge in [-0.2, -0.15) is 0 Å². The molecule has 0 radical (unpaired) electrons. The molecule has 0 aliphatic heterocycles. The summed E-state index contributed by atoms with van der Waals surface area (Å²) in [6.45, 7) is 8.43. The van der Waals surface area contributed by atoms with Crippen molar-refractivity contribution in [1.82, 2.24) is 0 Å². The summed E-state index contributed by atoms with van der Waals surface area (Å²) in [7, 11) is 0. The van der Waals surface area contributed by atoms with Gasteiger partial charge in [0.15, 0.2) is 0 Å². The molecule has 1 fully saturated rings. The van der Waals surface area contributed by atoms with Crippen LogP contribution in [0.4, 0.5) is 0 Å². The second kappa shape index (κ2) is 2.96. The van der Waals surface area contributed by atoms with E-state index in [0.29, 0.717) is 6.42 Å². The van der Waals surface area contributed by atoms with Crippen molar-refractivity contribution in [3.63, 3.8) is 0 Å². The second-order valence-electron chi connectivity index (χ2n) is 6.16. The molecule has 1 aliphatic rings. The van der Waals surface area contributed by atoms with Gasteiger partial charge in [-0.05, 0) is 37.0 Å². The Kier molecular flexibility index (Phi) is 2.50. The molecule has 0 aromatic carbocycles. The maximum atomic E-state index is 10.1. The summed E-state index contributed by atoms with van der Waals surface area (Å²) in [6.07, 6.45) is 2.53. The molecule has 2 heteroatoms. The van der Waals surface area contributed by atoms with E-state index in [2.05, 4.69) is 20.8 Å². The first-order valence-electron chi connectivity index (χ1n) is 5.01. The van der Waals surface area contributed by atoms with E-state index >= 15 is 0 Å². The van der Waals surface area contributed by atoms with Gasteiger partial charge in [-0.25, -0.2) is 0 Å².